The molecule has 116 valence electrons. The number of nitrogens with one attached hydrogen (secondary N) is 1. The Morgan fingerprint density at radius 1 is 1.52 bits per heavy atom. The number of rotatable bonds is 9. The van der Waals surface area contributed by atoms with Crippen LogP contribution in [0.1, 0.15) is 13.3 Å². The van der Waals surface area contributed by atoms with Crippen LogP contribution in [-0.2, 0) is 4.79 Å². The van der Waals surface area contributed by atoms with Gasteiger partial charge in [-0.15, -0.1) is 0 Å². The molecule has 1 aromatic rings. The molecule has 1 rings (SSSR count). The van der Waals surface area contributed by atoms with Crippen molar-refractivity contribution in [3.63, 3.8) is 0 Å². The van der Waals surface area contributed by atoms with E-state index in [1.807, 2.05) is 6.92 Å². The van der Waals surface area contributed by atoms with Crippen LogP contribution in [0.5, 0.6) is 11.5 Å². The van der Waals surface area contributed by atoms with Crippen LogP contribution in [0.25, 0.3) is 0 Å². The maximum Gasteiger partial charge on any atom is 0.320 e. The van der Waals surface area contributed by atoms with E-state index in [-0.39, 0.29) is 24.5 Å². The van der Waals surface area contributed by atoms with Gasteiger partial charge in [0.1, 0.15) is 11.8 Å². The van der Waals surface area contributed by atoms with Crippen LogP contribution < -0.4 is 14.8 Å². The van der Waals surface area contributed by atoms with Gasteiger partial charge in [0.2, 0.25) is 0 Å². The smallest absolute Gasteiger partial charge is 0.320 e. The molecule has 1 aromatic carbocycles. The van der Waals surface area contributed by atoms with Crippen LogP contribution in [0.15, 0.2) is 18.2 Å². The minimum Gasteiger partial charge on any atom is -0.493 e. The molecule has 0 amide bonds. The average molecular weight is 298 g/mol. The molecule has 0 bridgehead atoms. The number of methoxy groups -OCH3 is 1. The Bertz CT molecular complexity index is 505. The normalized spacial score (nSPS) is 11.7. The Morgan fingerprint density at radius 2 is 2.24 bits per heavy atom. The summed E-state index contributed by atoms with van der Waals surface area (Å²) in [7, 11) is 1.34. The lowest BCUT2D eigenvalue weighted by Gasteiger charge is -2.13. The minimum absolute atomic E-state index is 0.132. The highest BCUT2D eigenvalue weighted by molar-refractivity contribution is 5.73. The summed E-state index contributed by atoms with van der Waals surface area (Å²) in [6.45, 7) is 2.47. The fraction of sp³-hybridized carbons (Fsp3) is 0.462. The lowest BCUT2D eigenvalue weighted by atomic mass is 10.2. The van der Waals surface area contributed by atoms with E-state index < -0.39 is 16.9 Å². The van der Waals surface area contributed by atoms with Crippen LogP contribution in [0, 0.1) is 10.1 Å². The lowest BCUT2D eigenvalue weighted by Crippen LogP contribution is -2.37. The first-order valence-corrected chi connectivity index (χ1v) is 6.41. The van der Waals surface area contributed by atoms with Gasteiger partial charge in [-0.05, 0) is 18.7 Å². The van der Waals surface area contributed by atoms with Gasteiger partial charge in [0.25, 0.3) is 0 Å². The van der Waals surface area contributed by atoms with Crippen molar-refractivity contribution in [1.82, 2.24) is 5.32 Å². The zero-order valence-electron chi connectivity index (χ0n) is 11.9. The van der Waals surface area contributed by atoms with Crippen LogP contribution in [0.2, 0.25) is 0 Å². The van der Waals surface area contributed by atoms with Crippen molar-refractivity contribution >= 4 is 11.7 Å². The summed E-state index contributed by atoms with van der Waals surface area (Å²) in [6, 6.07) is 3.52. The molecule has 8 heteroatoms. The van der Waals surface area contributed by atoms with Crippen LogP contribution in [-0.4, -0.2) is 42.3 Å². The van der Waals surface area contributed by atoms with Crippen LogP contribution >= 0.6 is 0 Å². The van der Waals surface area contributed by atoms with E-state index >= 15 is 0 Å². The maximum atomic E-state index is 10.9. The molecule has 0 saturated heterocycles. The second kappa shape index (κ2) is 8.05. The molecule has 0 fully saturated rings. The van der Waals surface area contributed by atoms with Gasteiger partial charge in [-0.2, -0.15) is 0 Å². The zero-order chi connectivity index (χ0) is 15.8. The van der Waals surface area contributed by atoms with E-state index in [2.05, 4.69) is 5.32 Å². The minimum atomic E-state index is -0.957. The quantitative estimate of drug-likeness (QED) is 0.524. The molecule has 0 aromatic heterocycles. The van der Waals surface area contributed by atoms with Gasteiger partial charge in [0.15, 0.2) is 5.75 Å². The second-order valence-electron chi connectivity index (χ2n) is 4.18. The first kappa shape index (κ1) is 16.7. The summed E-state index contributed by atoms with van der Waals surface area (Å²) < 4.78 is 10.2. The molecule has 0 saturated carbocycles. The average Bonchev–Trinajstić information content (AvgIpc) is 2.45. The summed E-state index contributed by atoms with van der Waals surface area (Å²) in [4.78, 5) is 21.2. The number of benzene rings is 1. The standard InChI is InChI=1S/C13H18N2O6/c1-3-14-10(13(16)17)6-7-21-9-4-5-12(20-2)11(8-9)15(18)19/h4-5,8,10,14H,3,6-7H2,1-2H3,(H,16,17). The molecule has 0 spiro atoms. The van der Waals surface area contributed by atoms with Crippen molar-refractivity contribution in [3.05, 3.63) is 28.3 Å². The van der Waals surface area contributed by atoms with E-state index in [1.54, 1.807) is 0 Å². The fourth-order valence-electron chi connectivity index (χ4n) is 1.76. The third-order valence-corrected chi connectivity index (χ3v) is 2.77. The van der Waals surface area contributed by atoms with Gasteiger partial charge in [0, 0.05) is 6.42 Å². The first-order chi connectivity index (χ1) is 9.99. The van der Waals surface area contributed by atoms with E-state index in [9.17, 15) is 14.9 Å². The molecule has 0 aliphatic heterocycles. The zero-order valence-corrected chi connectivity index (χ0v) is 11.9. The Hall–Kier alpha value is -2.35. The Kier molecular flexibility index (Phi) is 6.41. The summed E-state index contributed by atoms with van der Waals surface area (Å²) in [5.74, 6) is -0.521. The molecule has 0 aliphatic rings. The largest absolute Gasteiger partial charge is 0.493 e. The number of carboxylic acid groups (broad SMARTS) is 1. The highest BCUT2D eigenvalue weighted by Gasteiger charge is 2.18. The maximum absolute atomic E-state index is 10.9. The van der Waals surface area contributed by atoms with Crippen molar-refractivity contribution in [2.24, 2.45) is 0 Å². The molecular formula is C13H18N2O6. The van der Waals surface area contributed by atoms with Crippen molar-refractivity contribution in [2.75, 3.05) is 20.3 Å². The topological polar surface area (TPSA) is 111 Å². The predicted molar refractivity (Wildman–Crippen MR) is 74.9 cm³/mol. The van der Waals surface area contributed by atoms with Crippen molar-refractivity contribution in [3.8, 4) is 11.5 Å². The van der Waals surface area contributed by atoms with Gasteiger partial charge in [-0.25, -0.2) is 0 Å². The third-order valence-electron chi connectivity index (χ3n) is 2.77. The summed E-state index contributed by atoms with van der Waals surface area (Å²) in [5, 5.41) is 22.6. The molecule has 2 N–H and O–H groups in total. The summed E-state index contributed by atoms with van der Waals surface area (Å²) in [5.41, 5.74) is -0.198. The molecule has 0 radical (unpaired) electrons. The Balaban J connectivity index is 2.65. The first-order valence-electron chi connectivity index (χ1n) is 6.41. The molecule has 1 unspecified atom stereocenters. The number of aliphatic carboxylic acids is 1. The van der Waals surface area contributed by atoms with Crippen molar-refractivity contribution in [2.45, 2.75) is 19.4 Å². The number of carbonyl (C=O) groups is 1. The predicted octanol–water partition coefficient (Wildman–Crippen LogP) is 1.44. The van der Waals surface area contributed by atoms with Gasteiger partial charge < -0.3 is 19.9 Å². The number of ether oxygens (including phenoxy) is 2. The number of likely N-dealkylation sites (N-methyl/N-ethyl adjacent to an activating group) is 1. The number of nitro groups is 1. The third kappa shape index (κ3) is 4.92. The summed E-state index contributed by atoms with van der Waals surface area (Å²) >= 11 is 0. The Morgan fingerprint density at radius 3 is 2.76 bits per heavy atom. The summed E-state index contributed by atoms with van der Waals surface area (Å²) in [6.07, 6.45) is 0.253. The molecule has 0 heterocycles. The van der Waals surface area contributed by atoms with E-state index in [0.717, 1.165) is 0 Å². The van der Waals surface area contributed by atoms with Gasteiger partial charge in [0.05, 0.1) is 24.7 Å². The Labute approximate surface area is 121 Å². The van der Waals surface area contributed by atoms with E-state index in [4.69, 9.17) is 14.6 Å². The molecule has 8 nitrogen and oxygen atoms in total. The number of carboxylic acids is 1. The van der Waals surface area contributed by atoms with Crippen molar-refractivity contribution < 1.29 is 24.3 Å². The molecule has 21 heavy (non-hydrogen) atoms. The highest BCUT2D eigenvalue weighted by Crippen LogP contribution is 2.30. The van der Waals surface area contributed by atoms with E-state index in [0.29, 0.717) is 12.3 Å². The van der Waals surface area contributed by atoms with Gasteiger partial charge >= 0.3 is 11.7 Å². The van der Waals surface area contributed by atoms with E-state index in [1.165, 1.54) is 25.3 Å². The molecular weight excluding hydrogens is 280 g/mol. The van der Waals surface area contributed by atoms with Crippen molar-refractivity contribution in [1.29, 1.82) is 0 Å². The van der Waals surface area contributed by atoms with Crippen LogP contribution in [0.4, 0.5) is 5.69 Å². The SMILES string of the molecule is CCNC(CCOc1ccc(OC)c([N+](=O)[O-])c1)C(=O)O. The lowest BCUT2D eigenvalue weighted by molar-refractivity contribution is -0.385. The number of hydrogen-bond donors (Lipinski definition) is 2. The van der Waals surface area contributed by atoms with Gasteiger partial charge in [-0.3, -0.25) is 14.9 Å². The highest BCUT2D eigenvalue weighted by atomic mass is 16.6. The van der Waals surface area contributed by atoms with Gasteiger partial charge in [-0.1, -0.05) is 6.92 Å². The number of hydrogen-bond acceptors (Lipinski definition) is 6. The number of nitro benzene ring substituents is 1. The number of nitrogens with zero attached hydrogens (tertiary/aromatic N) is 1. The fourth-order valence-corrected chi connectivity index (χ4v) is 1.76. The molecule has 0 aliphatic carbocycles. The monoisotopic (exact) mass is 298 g/mol. The molecule has 1 atom stereocenters. The van der Waals surface area contributed by atoms with Crippen LogP contribution in [0.3, 0.4) is 0 Å². The second-order valence-corrected chi connectivity index (χ2v) is 4.18.